The van der Waals surface area contributed by atoms with Crippen molar-refractivity contribution in [3.05, 3.63) is 64.5 Å². The van der Waals surface area contributed by atoms with E-state index in [4.69, 9.17) is 4.74 Å². The van der Waals surface area contributed by atoms with E-state index in [1.165, 1.54) is 12.1 Å². The van der Waals surface area contributed by atoms with Gasteiger partial charge in [-0.25, -0.2) is 4.39 Å². The third-order valence-electron chi connectivity index (χ3n) is 3.13. The van der Waals surface area contributed by atoms with Crippen LogP contribution in [0.1, 0.15) is 27.0 Å². The summed E-state index contributed by atoms with van der Waals surface area (Å²) in [6.07, 6.45) is 0.784. The number of halogens is 1. The highest BCUT2D eigenvalue weighted by Gasteiger charge is 2.09. The molecule has 0 radical (unpaired) electrons. The number of benzene rings is 2. The third kappa shape index (κ3) is 2.99. The van der Waals surface area contributed by atoms with E-state index in [-0.39, 0.29) is 5.82 Å². The molecule has 2 aromatic rings. The SMILES string of the molecule is Cc1ccc(C=O)c(OCc2ccc(F)cc2)c1C. The first-order valence-corrected chi connectivity index (χ1v) is 6.04. The molecule has 0 saturated carbocycles. The Labute approximate surface area is 111 Å². The van der Waals surface area contributed by atoms with Crippen molar-refractivity contribution in [3.63, 3.8) is 0 Å². The summed E-state index contributed by atoms with van der Waals surface area (Å²) in [5.41, 5.74) is 3.41. The summed E-state index contributed by atoms with van der Waals surface area (Å²) >= 11 is 0. The lowest BCUT2D eigenvalue weighted by Crippen LogP contribution is -2.01. The van der Waals surface area contributed by atoms with Gasteiger partial charge in [0.15, 0.2) is 6.29 Å². The zero-order valence-electron chi connectivity index (χ0n) is 10.9. The van der Waals surface area contributed by atoms with Gasteiger partial charge in [-0.1, -0.05) is 18.2 Å². The second kappa shape index (κ2) is 5.65. The first-order valence-electron chi connectivity index (χ1n) is 6.04. The molecule has 2 rings (SSSR count). The minimum Gasteiger partial charge on any atom is -0.488 e. The van der Waals surface area contributed by atoms with Crippen molar-refractivity contribution in [2.24, 2.45) is 0 Å². The minimum absolute atomic E-state index is 0.274. The summed E-state index contributed by atoms with van der Waals surface area (Å²) in [6, 6.07) is 9.76. The van der Waals surface area contributed by atoms with Crippen molar-refractivity contribution >= 4 is 6.29 Å². The summed E-state index contributed by atoms with van der Waals surface area (Å²) in [5.74, 6) is 0.323. The van der Waals surface area contributed by atoms with Crippen LogP contribution in [0.3, 0.4) is 0 Å². The van der Waals surface area contributed by atoms with E-state index in [0.29, 0.717) is 17.9 Å². The highest BCUT2D eigenvalue weighted by atomic mass is 19.1. The Balaban J connectivity index is 2.21. The summed E-state index contributed by atoms with van der Waals surface area (Å²) < 4.78 is 18.5. The molecule has 0 heterocycles. The number of hydrogen-bond acceptors (Lipinski definition) is 2. The first-order chi connectivity index (χ1) is 9.11. The van der Waals surface area contributed by atoms with Crippen LogP contribution in [-0.4, -0.2) is 6.29 Å². The second-order valence-electron chi connectivity index (χ2n) is 4.46. The molecule has 0 aliphatic heterocycles. The van der Waals surface area contributed by atoms with E-state index < -0.39 is 0 Å². The summed E-state index contributed by atoms with van der Waals surface area (Å²) in [7, 11) is 0. The monoisotopic (exact) mass is 258 g/mol. The van der Waals surface area contributed by atoms with Gasteiger partial charge < -0.3 is 4.74 Å². The predicted molar refractivity (Wildman–Crippen MR) is 72.0 cm³/mol. The Morgan fingerprint density at radius 1 is 1.11 bits per heavy atom. The predicted octanol–water partition coefficient (Wildman–Crippen LogP) is 3.83. The zero-order chi connectivity index (χ0) is 13.8. The normalized spacial score (nSPS) is 10.3. The highest BCUT2D eigenvalue weighted by Crippen LogP contribution is 2.26. The van der Waals surface area contributed by atoms with Crippen LogP contribution >= 0.6 is 0 Å². The van der Waals surface area contributed by atoms with Crippen LogP contribution in [0.25, 0.3) is 0 Å². The second-order valence-corrected chi connectivity index (χ2v) is 4.46. The maximum Gasteiger partial charge on any atom is 0.153 e. The Morgan fingerprint density at radius 2 is 1.79 bits per heavy atom. The zero-order valence-corrected chi connectivity index (χ0v) is 10.9. The van der Waals surface area contributed by atoms with Crippen LogP contribution < -0.4 is 4.74 Å². The number of aldehydes is 1. The Morgan fingerprint density at radius 3 is 2.42 bits per heavy atom. The van der Waals surface area contributed by atoms with E-state index in [1.807, 2.05) is 19.9 Å². The molecule has 0 saturated heterocycles. The number of ether oxygens (including phenoxy) is 1. The smallest absolute Gasteiger partial charge is 0.153 e. The van der Waals surface area contributed by atoms with Crippen LogP contribution in [0, 0.1) is 19.7 Å². The molecule has 0 aliphatic rings. The van der Waals surface area contributed by atoms with Gasteiger partial charge >= 0.3 is 0 Å². The van der Waals surface area contributed by atoms with Gasteiger partial charge in [0.05, 0.1) is 5.56 Å². The van der Waals surface area contributed by atoms with Gasteiger partial charge in [0.25, 0.3) is 0 Å². The van der Waals surface area contributed by atoms with Crippen molar-refractivity contribution in [3.8, 4) is 5.75 Å². The van der Waals surface area contributed by atoms with E-state index in [2.05, 4.69) is 0 Å². The fraction of sp³-hybridized carbons (Fsp3) is 0.188. The molecule has 3 heteroatoms. The van der Waals surface area contributed by atoms with E-state index in [0.717, 1.165) is 23.0 Å². The molecule has 2 nitrogen and oxygen atoms in total. The Bertz CT molecular complexity index is 588. The molecule has 0 aliphatic carbocycles. The Kier molecular flexibility index (Phi) is 3.95. The molecule has 0 atom stereocenters. The lowest BCUT2D eigenvalue weighted by molar-refractivity contribution is 0.111. The number of rotatable bonds is 4. The average molecular weight is 258 g/mol. The molecular weight excluding hydrogens is 243 g/mol. The van der Waals surface area contributed by atoms with Crippen LogP contribution in [-0.2, 0) is 6.61 Å². The Hall–Kier alpha value is -2.16. The minimum atomic E-state index is -0.274. The van der Waals surface area contributed by atoms with Gasteiger partial charge in [0.1, 0.15) is 18.2 Å². The van der Waals surface area contributed by atoms with Crippen LogP contribution in [0.2, 0.25) is 0 Å². The maximum absolute atomic E-state index is 12.8. The van der Waals surface area contributed by atoms with Crippen molar-refractivity contribution < 1.29 is 13.9 Å². The molecule has 0 bridgehead atoms. The molecule has 98 valence electrons. The molecule has 0 N–H and O–H groups in total. The molecule has 0 fully saturated rings. The van der Waals surface area contributed by atoms with E-state index >= 15 is 0 Å². The highest BCUT2D eigenvalue weighted by molar-refractivity contribution is 5.80. The fourth-order valence-electron chi connectivity index (χ4n) is 1.83. The van der Waals surface area contributed by atoms with E-state index in [1.54, 1.807) is 18.2 Å². The lowest BCUT2D eigenvalue weighted by atomic mass is 10.1. The molecule has 0 unspecified atom stereocenters. The summed E-state index contributed by atoms with van der Waals surface area (Å²) in [5, 5.41) is 0. The third-order valence-corrected chi connectivity index (χ3v) is 3.13. The maximum atomic E-state index is 12.8. The molecule has 0 amide bonds. The van der Waals surface area contributed by atoms with Gasteiger partial charge in [0, 0.05) is 0 Å². The van der Waals surface area contributed by atoms with Gasteiger partial charge in [-0.2, -0.15) is 0 Å². The van der Waals surface area contributed by atoms with Gasteiger partial charge in [-0.05, 0) is 48.7 Å². The average Bonchev–Trinajstić information content (AvgIpc) is 2.42. The van der Waals surface area contributed by atoms with E-state index in [9.17, 15) is 9.18 Å². The standard InChI is InChI=1S/C16H15FO2/c1-11-3-6-14(9-18)16(12(11)2)19-10-13-4-7-15(17)8-5-13/h3-9H,10H2,1-2H3. The van der Waals surface area contributed by atoms with Crippen molar-refractivity contribution in [1.29, 1.82) is 0 Å². The number of carbonyl (C=O) groups excluding carboxylic acids is 1. The van der Waals surface area contributed by atoms with Crippen LogP contribution in [0.5, 0.6) is 5.75 Å². The number of hydrogen-bond donors (Lipinski definition) is 0. The van der Waals surface area contributed by atoms with Crippen LogP contribution in [0.15, 0.2) is 36.4 Å². The van der Waals surface area contributed by atoms with Gasteiger partial charge in [-0.15, -0.1) is 0 Å². The molecule has 2 aromatic carbocycles. The van der Waals surface area contributed by atoms with Crippen molar-refractivity contribution in [2.45, 2.75) is 20.5 Å². The fourth-order valence-corrected chi connectivity index (χ4v) is 1.83. The number of aryl methyl sites for hydroxylation is 1. The quantitative estimate of drug-likeness (QED) is 0.779. The number of carbonyl (C=O) groups is 1. The summed E-state index contributed by atoms with van der Waals surface area (Å²) in [6.45, 7) is 4.20. The van der Waals surface area contributed by atoms with Crippen molar-refractivity contribution in [1.82, 2.24) is 0 Å². The van der Waals surface area contributed by atoms with Gasteiger partial charge in [0.2, 0.25) is 0 Å². The first kappa shape index (κ1) is 13.3. The largest absolute Gasteiger partial charge is 0.488 e. The topological polar surface area (TPSA) is 26.3 Å². The van der Waals surface area contributed by atoms with Crippen LogP contribution in [0.4, 0.5) is 4.39 Å². The molecular formula is C16H15FO2. The lowest BCUT2D eigenvalue weighted by Gasteiger charge is -2.13. The molecule has 0 aromatic heterocycles. The van der Waals surface area contributed by atoms with Crippen molar-refractivity contribution in [2.75, 3.05) is 0 Å². The molecule has 19 heavy (non-hydrogen) atoms. The van der Waals surface area contributed by atoms with Gasteiger partial charge in [-0.3, -0.25) is 4.79 Å². The summed E-state index contributed by atoms with van der Waals surface area (Å²) in [4.78, 5) is 11.0. The molecule has 0 spiro atoms.